The standard InChI is InChI=1S/C21H20N2O3/c1-14-2-4-15(5-3-14)8-11-19(24)22-18-9-6-16(7-10-18)12-17-13-20(25)23-21(17)26/h2-11,17H,12-13H2,1H3,(H,22,24)(H,23,25,26)/b11-8+/t17-/m0/s1. The summed E-state index contributed by atoms with van der Waals surface area (Å²) >= 11 is 0. The van der Waals surface area contributed by atoms with Gasteiger partial charge in [-0.15, -0.1) is 0 Å². The lowest BCUT2D eigenvalue weighted by Gasteiger charge is -2.07. The van der Waals surface area contributed by atoms with Gasteiger partial charge in [0.1, 0.15) is 0 Å². The monoisotopic (exact) mass is 348 g/mol. The van der Waals surface area contributed by atoms with Gasteiger partial charge < -0.3 is 5.32 Å². The molecule has 5 nitrogen and oxygen atoms in total. The Hall–Kier alpha value is -3.21. The third-order valence-electron chi connectivity index (χ3n) is 4.27. The fraction of sp³-hybridized carbons (Fsp3) is 0.190. The van der Waals surface area contributed by atoms with Crippen LogP contribution in [0.3, 0.4) is 0 Å². The molecule has 0 aromatic heterocycles. The molecule has 0 aliphatic carbocycles. The molecule has 0 radical (unpaired) electrons. The number of carbonyl (C=O) groups is 3. The molecule has 0 saturated carbocycles. The second-order valence-electron chi connectivity index (χ2n) is 6.45. The van der Waals surface area contributed by atoms with Crippen LogP contribution in [0.1, 0.15) is 23.1 Å². The number of imide groups is 1. The van der Waals surface area contributed by atoms with Gasteiger partial charge in [0.15, 0.2) is 0 Å². The minimum atomic E-state index is -0.305. The van der Waals surface area contributed by atoms with E-state index in [1.807, 2.05) is 43.3 Å². The van der Waals surface area contributed by atoms with Crippen LogP contribution in [0.5, 0.6) is 0 Å². The maximum atomic E-state index is 12.0. The van der Waals surface area contributed by atoms with Crippen LogP contribution in [0, 0.1) is 12.8 Å². The molecular weight excluding hydrogens is 328 g/mol. The van der Waals surface area contributed by atoms with E-state index in [0.717, 1.165) is 11.1 Å². The average molecular weight is 348 g/mol. The molecule has 1 aliphatic heterocycles. The highest BCUT2D eigenvalue weighted by molar-refractivity contribution is 6.03. The topological polar surface area (TPSA) is 75.3 Å². The molecule has 1 heterocycles. The van der Waals surface area contributed by atoms with E-state index < -0.39 is 0 Å². The van der Waals surface area contributed by atoms with Crippen LogP contribution in [0.4, 0.5) is 5.69 Å². The van der Waals surface area contributed by atoms with Gasteiger partial charge in [-0.25, -0.2) is 0 Å². The van der Waals surface area contributed by atoms with E-state index in [2.05, 4.69) is 10.6 Å². The van der Waals surface area contributed by atoms with Crippen LogP contribution >= 0.6 is 0 Å². The van der Waals surface area contributed by atoms with Gasteiger partial charge in [-0.2, -0.15) is 0 Å². The summed E-state index contributed by atoms with van der Waals surface area (Å²) in [4.78, 5) is 34.8. The number of rotatable bonds is 5. The SMILES string of the molecule is Cc1ccc(/C=C/C(=O)Nc2ccc(C[C@H]3CC(=O)NC3=O)cc2)cc1. The van der Waals surface area contributed by atoms with E-state index in [4.69, 9.17) is 0 Å². The van der Waals surface area contributed by atoms with Crippen molar-refractivity contribution in [2.45, 2.75) is 19.8 Å². The second kappa shape index (κ2) is 7.78. The van der Waals surface area contributed by atoms with Crippen LogP contribution in [-0.4, -0.2) is 17.7 Å². The summed E-state index contributed by atoms with van der Waals surface area (Å²) in [6.07, 6.45) is 4.01. The fourth-order valence-corrected chi connectivity index (χ4v) is 2.81. The van der Waals surface area contributed by atoms with Crippen molar-refractivity contribution in [2.24, 2.45) is 5.92 Å². The highest BCUT2D eigenvalue weighted by atomic mass is 16.2. The Bertz CT molecular complexity index is 852. The zero-order chi connectivity index (χ0) is 18.5. The first-order chi connectivity index (χ1) is 12.5. The van der Waals surface area contributed by atoms with E-state index in [9.17, 15) is 14.4 Å². The lowest BCUT2D eigenvalue weighted by Crippen LogP contribution is -2.22. The summed E-state index contributed by atoms with van der Waals surface area (Å²) in [6.45, 7) is 2.01. The zero-order valence-corrected chi connectivity index (χ0v) is 14.5. The largest absolute Gasteiger partial charge is 0.323 e. The van der Waals surface area contributed by atoms with Crippen molar-refractivity contribution in [1.29, 1.82) is 0 Å². The van der Waals surface area contributed by atoms with E-state index in [1.165, 1.54) is 11.6 Å². The Morgan fingerprint density at radius 2 is 1.81 bits per heavy atom. The first kappa shape index (κ1) is 17.6. The van der Waals surface area contributed by atoms with Gasteiger partial charge in [0.2, 0.25) is 17.7 Å². The summed E-state index contributed by atoms with van der Waals surface area (Å²) in [5, 5.41) is 5.11. The van der Waals surface area contributed by atoms with Gasteiger partial charge in [-0.3, -0.25) is 19.7 Å². The predicted molar refractivity (Wildman–Crippen MR) is 100 cm³/mol. The second-order valence-corrected chi connectivity index (χ2v) is 6.45. The number of hydrogen-bond acceptors (Lipinski definition) is 3. The molecule has 1 fully saturated rings. The average Bonchev–Trinajstić information content (AvgIpc) is 2.93. The number of carbonyl (C=O) groups excluding carboxylic acids is 3. The highest BCUT2D eigenvalue weighted by Gasteiger charge is 2.30. The van der Waals surface area contributed by atoms with Crippen molar-refractivity contribution in [3.05, 3.63) is 71.3 Å². The number of anilines is 1. The normalized spacial score (nSPS) is 16.7. The quantitative estimate of drug-likeness (QED) is 0.644. The van der Waals surface area contributed by atoms with E-state index in [1.54, 1.807) is 18.2 Å². The van der Waals surface area contributed by atoms with Crippen molar-refractivity contribution in [1.82, 2.24) is 5.32 Å². The maximum Gasteiger partial charge on any atom is 0.248 e. The number of hydrogen-bond donors (Lipinski definition) is 2. The van der Waals surface area contributed by atoms with Gasteiger partial charge in [-0.1, -0.05) is 42.0 Å². The number of nitrogens with one attached hydrogen (secondary N) is 2. The van der Waals surface area contributed by atoms with Gasteiger partial charge in [-0.05, 0) is 42.7 Å². The first-order valence-electron chi connectivity index (χ1n) is 8.48. The molecule has 2 aromatic rings. The van der Waals surface area contributed by atoms with Crippen LogP contribution in [0.2, 0.25) is 0 Å². The molecule has 26 heavy (non-hydrogen) atoms. The summed E-state index contributed by atoms with van der Waals surface area (Å²) in [6, 6.07) is 15.2. The van der Waals surface area contributed by atoms with E-state index in [-0.39, 0.29) is 30.1 Å². The lowest BCUT2D eigenvalue weighted by molar-refractivity contribution is -0.125. The number of aryl methyl sites for hydroxylation is 1. The minimum Gasteiger partial charge on any atom is -0.323 e. The molecule has 3 rings (SSSR count). The zero-order valence-electron chi connectivity index (χ0n) is 14.5. The smallest absolute Gasteiger partial charge is 0.248 e. The van der Waals surface area contributed by atoms with Crippen LogP contribution in [0.15, 0.2) is 54.6 Å². The molecule has 0 spiro atoms. The maximum absolute atomic E-state index is 12.0. The summed E-state index contributed by atoms with van der Waals surface area (Å²) < 4.78 is 0. The van der Waals surface area contributed by atoms with Crippen molar-refractivity contribution in [3.8, 4) is 0 Å². The Kier molecular flexibility index (Phi) is 5.27. The lowest BCUT2D eigenvalue weighted by atomic mass is 9.98. The fourth-order valence-electron chi connectivity index (χ4n) is 2.81. The van der Waals surface area contributed by atoms with Crippen molar-refractivity contribution in [2.75, 3.05) is 5.32 Å². The van der Waals surface area contributed by atoms with E-state index in [0.29, 0.717) is 12.1 Å². The van der Waals surface area contributed by atoms with Gasteiger partial charge in [0.25, 0.3) is 0 Å². The summed E-state index contributed by atoms with van der Waals surface area (Å²) in [7, 11) is 0. The third-order valence-corrected chi connectivity index (χ3v) is 4.27. The molecule has 2 N–H and O–H groups in total. The van der Waals surface area contributed by atoms with Crippen LogP contribution < -0.4 is 10.6 Å². The molecule has 0 bridgehead atoms. The Morgan fingerprint density at radius 3 is 2.42 bits per heavy atom. The first-order valence-corrected chi connectivity index (χ1v) is 8.48. The van der Waals surface area contributed by atoms with Gasteiger partial charge in [0.05, 0.1) is 5.92 Å². The van der Waals surface area contributed by atoms with Crippen molar-refractivity contribution < 1.29 is 14.4 Å². The van der Waals surface area contributed by atoms with Gasteiger partial charge >= 0.3 is 0 Å². The predicted octanol–water partition coefficient (Wildman–Crippen LogP) is 2.85. The van der Waals surface area contributed by atoms with Crippen molar-refractivity contribution >= 4 is 29.5 Å². The molecule has 132 valence electrons. The molecule has 3 amide bonds. The highest BCUT2D eigenvalue weighted by Crippen LogP contribution is 2.19. The molecule has 1 aliphatic rings. The number of benzene rings is 2. The molecule has 1 atom stereocenters. The third kappa shape index (κ3) is 4.66. The summed E-state index contributed by atoms with van der Waals surface area (Å²) in [5.74, 6) is -0.947. The minimum absolute atomic E-state index is 0.209. The molecule has 2 aromatic carbocycles. The molecular formula is C21H20N2O3. The van der Waals surface area contributed by atoms with E-state index >= 15 is 0 Å². The Balaban J connectivity index is 1.55. The molecule has 1 saturated heterocycles. The Morgan fingerprint density at radius 1 is 1.12 bits per heavy atom. The van der Waals surface area contributed by atoms with Crippen LogP contribution in [0.25, 0.3) is 6.08 Å². The molecule has 0 unspecified atom stereocenters. The Labute approximate surface area is 152 Å². The molecule has 5 heteroatoms. The number of amides is 3. The van der Waals surface area contributed by atoms with Gasteiger partial charge in [0, 0.05) is 18.2 Å². The summed E-state index contributed by atoms with van der Waals surface area (Å²) in [5.41, 5.74) is 3.77. The van der Waals surface area contributed by atoms with Crippen molar-refractivity contribution in [3.63, 3.8) is 0 Å². The van der Waals surface area contributed by atoms with Crippen LogP contribution in [-0.2, 0) is 20.8 Å².